The summed E-state index contributed by atoms with van der Waals surface area (Å²) in [7, 11) is 2.16. The van der Waals surface area contributed by atoms with Gasteiger partial charge < -0.3 is 24.7 Å². The molecule has 0 saturated carbocycles. The number of rotatable bonds is 12. The van der Waals surface area contributed by atoms with E-state index in [1.165, 1.54) is 6.42 Å². The van der Waals surface area contributed by atoms with Gasteiger partial charge in [-0.15, -0.1) is 24.0 Å². The van der Waals surface area contributed by atoms with Crippen LogP contribution in [0.3, 0.4) is 0 Å². The largest absolute Gasteiger partial charge is 0.467 e. The van der Waals surface area contributed by atoms with E-state index in [0.29, 0.717) is 19.3 Å². The number of nitrogens with one attached hydrogen (secondary N) is 2. The second-order valence-corrected chi connectivity index (χ2v) is 5.91. The summed E-state index contributed by atoms with van der Waals surface area (Å²) in [5, 5.41) is 6.66. The summed E-state index contributed by atoms with van der Waals surface area (Å²) in [6.07, 6.45) is 3.72. The first kappa shape index (κ1) is 24.2. The van der Waals surface area contributed by atoms with Crippen LogP contribution >= 0.6 is 24.0 Å². The Bertz CT molecular complexity index is 440. The van der Waals surface area contributed by atoms with Crippen molar-refractivity contribution in [3.8, 4) is 0 Å². The Hall–Kier alpha value is -0.800. The molecule has 0 radical (unpaired) electrons. The Morgan fingerprint density at radius 1 is 1.36 bits per heavy atom. The van der Waals surface area contributed by atoms with Crippen molar-refractivity contribution in [2.45, 2.75) is 46.3 Å². The van der Waals surface area contributed by atoms with Crippen LogP contribution in [0.2, 0.25) is 0 Å². The zero-order valence-corrected chi connectivity index (χ0v) is 18.4. The second-order valence-electron chi connectivity index (χ2n) is 5.91. The predicted molar refractivity (Wildman–Crippen MR) is 115 cm³/mol. The summed E-state index contributed by atoms with van der Waals surface area (Å²) >= 11 is 0. The van der Waals surface area contributed by atoms with Gasteiger partial charge in [0.05, 0.1) is 6.26 Å². The van der Waals surface area contributed by atoms with Crippen molar-refractivity contribution >= 4 is 29.9 Å². The summed E-state index contributed by atoms with van der Waals surface area (Å²) in [5.74, 6) is 1.74. The molecule has 1 aromatic rings. The Balaban J connectivity index is 0.00000576. The lowest BCUT2D eigenvalue weighted by Crippen LogP contribution is -2.42. The highest BCUT2D eigenvalue weighted by molar-refractivity contribution is 14.0. The number of hydrogen-bond acceptors (Lipinski definition) is 4. The number of nitrogens with zero attached hydrogens (tertiary/aromatic N) is 2. The average Bonchev–Trinajstić information content (AvgIpc) is 3.10. The van der Waals surface area contributed by atoms with Crippen LogP contribution in [0.5, 0.6) is 0 Å². The number of ether oxygens (including phenoxy) is 1. The van der Waals surface area contributed by atoms with Crippen LogP contribution in [0.15, 0.2) is 27.8 Å². The van der Waals surface area contributed by atoms with Crippen LogP contribution in [0.1, 0.15) is 39.4 Å². The average molecular weight is 466 g/mol. The number of hydrogen-bond donors (Lipinski definition) is 2. The van der Waals surface area contributed by atoms with E-state index in [0.717, 1.165) is 44.3 Å². The van der Waals surface area contributed by atoms with Crippen LogP contribution < -0.4 is 10.6 Å². The van der Waals surface area contributed by atoms with Gasteiger partial charge in [-0.3, -0.25) is 4.99 Å². The molecule has 0 amide bonds. The quantitative estimate of drug-likeness (QED) is 0.215. The van der Waals surface area contributed by atoms with Crippen molar-refractivity contribution < 1.29 is 9.15 Å². The van der Waals surface area contributed by atoms with Crippen molar-refractivity contribution in [3.63, 3.8) is 0 Å². The fraction of sp³-hybridized carbons (Fsp3) is 0.722. The number of furan rings is 1. The van der Waals surface area contributed by atoms with E-state index in [2.05, 4.69) is 48.3 Å². The van der Waals surface area contributed by atoms with Crippen LogP contribution in [0.4, 0.5) is 0 Å². The zero-order chi connectivity index (χ0) is 17.6. The highest BCUT2D eigenvalue weighted by atomic mass is 127. The molecule has 0 saturated heterocycles. The molecule has 1 aromatic heterocycles. The van der Waals surface area contributed by atoms with Gasteiger partial charge in [-0.25, -0.2) is 0 Å². The molecule has 0 aliphatic carbocycles. The van der Waals surface area contributed by atoms with E-state index in [1.54, 1.807) is 6.26 Å². The fourth-order valence-corrected chi connectivity index (χ4v) is 2.15. The SMILES string of the molecule is CCNC(=NCCCOCc1ccco1)NCCN(C)C(C)CC.I. The van der Waals surface area contributed by atoms with Gasteiger partial charge in [0.25, 0.3) is 0 Å². The van der Waals surface area contributed by atoms with Crippen LogP contribution in [-0.4, -0.2) is 56.7 Å². The van der Waals surface area contributed by atoms with Gasteiger partial charge in [0.2, 0.25) is 0 Å². The molecule has 0 aromatic carbocycles. The van der Waals surface area contributed by atoms with E-state index in [1.807, 2.05) is 12.1 Å². The van der Waals surface area contributed by atoms with E-state index in [9.17, 15) is 0 Å². The van der Waals surface area contributed by atoms with Gasteiger partial charge in [-0.2, -0.15) is 0 Å². The van der Waals surface area contributed by atoms with Crippen molar-refractivity contribution in [3.05, 3.63) is 24.2 Å². The molecule has 0 aliphatic heterocycles. The molecule has 1 rings (SSSR count). The van der Waals surface area contributed by atoms with Gasteiger partial charge in [0.1, 0.15) is 12.4 Å². The number of guanidine groups is 1. The molecule has 2 N–H and O–H groups in total. The van der Waals surface area contributed by atoms with Gasteiger partial charge in [-0.1, -0.05) is 6.92 Å². The van der Waals surface area contributed by atoms with E-state index >= 15 is 0 Å². The Morgan fingerprint density at radius 3 is 2.80 bits per heavy atom. The lowest BCUT2D eigenvalue weighted by molar-refractivity contribution is 0.105. The smallest absolute Gasteiger partial charge is 0.191 e. The van der Waals surface area contributed by atoms with Gasteiger partial charge in [-0.05, 0) is 45.9 Å². The van der Waals surface area contributed by atoms with Crippen LogP contribution in [-0.2, 0) is 11.3 Å². The van der Waals surface area contributed by atoms with Gasteiger partial charge >= 0.3 is 0 Å². The highest BCUT2D eigenvalue weighted by Gasteiger charge is 2.06. The molecule has 7 heteroatoms. The fourth-order valence-electron chi connectivity index (χ4n) is 2.15. The van der Waals surface area contributed by atoms with Crippen molar-refractivity contribution in [1.29, 1.82) is 0 Å². The summed E-state index contributed by atoms with van der Waals surface area (Å²) in [5.41, 5.74) is 0. The molecular weight excluding hydrogens is 431 g/mol. The summed E-state index contributed by atoms with van der Waals surface area (Å²) in [4.78, 5) is 6.94. The minimum atomic E-state index is 0. The number of aliphatic imine (C=N–C) groups is 1. The molecule has 0 bridgehead atoms. The molecule has 0 spiro atoms. The van der Waals surface area contributed by atoms with Gasteiger partial charge in [0, 0.05) is 38.8 Å². The third-order valence-corrected chi connectivity index (χ3v) is 3.99. The predicted octanol–water partition coefficient (Wildman–Crippen LogP) is 3.09. The van der Waals surface area contributed by atoms with Crippen molar-refractivity contribution in [2.75, 3.05) is 39.8 Å². The molecule has 0 fully saturated rings. The lowest BCUT2D eigenvalue weighted by atomic mass is 10.2. The maximum absolute atomic E-state index is 5.56. The maximum atomic E-state index is 5.56. The molecule has 146 valence electrons. The lowest BCUT2D eigenvalue weighted by Gasteiger charge is -2.24. The van der Waals surface area contributed by atoms with E-state index < -0.39 is 0 Å². The normalized spacial score (nSPS) is 12.8. The third-order valence-electron chi connectivity index (χ3n) is 3.99. The van der Waals surface area contributed by atoms with Crippen molar-refractivity contribution in [1.82, 2.24) is 15.5 Å². The monoisotopic (exact) mass is 466 g/mol. The molecule has 6 nitrogen and oxygen atoms in total. The number of halogens is 1. The molecule has 1 heterocycles. The van der Waals surface area contributed by atoms with Crippen molar-refractivity contribution in [2.24, 2.45) is 4.99 Å². The molecular formula is C18H35IN4O2. The maximum Gasteiger partial charge on any atom is 0.191 e. The second kappa shape index (κ2) is 15.5. The highest BCUT2D eigenvalue weighted by Crippen LogP contribution is 2.02. The van der Waals surface area contributed by atoms with Crippen LogP contribution in [0.25, 0.3) is 0 Å². The Morgan fingerprint density at radius 2 is 2.16 bits per heavy atom. The first-order valence-electron chi connectivity index (χ1n) is 8.99. The Kier molecular flexibility index (Phi) is 15.0. The standard InChI is InChI=1S/C18H34N4O2.HI/c1-5-16(3)22(4)12-11-21-18(19-6-2)20-10-8-13-23-15-17-9-7-14-24-17;/h7,9,14,16H,5-6,8,10-13,15H2,1-4H3,(H2,19,20,21);1H. The summed E-state index contributed by atoms with van der Waals surface area (Å²) in [6.45, 7) is 11.3. The van der Waals surface area contributed by atoms with Gasteiger partial charge in [0.15, 0.2) is 5.96 Å². The Labute approximate surface area is 169 Å². The molecule has 25 heavy (non-hydrogen) atoms. The molecule has 1 unspecified atom stereocenters. The molecule has 0 aliphatic rings. The minimum absolute atomic E-state index is 0. The number of likely N-dealkylation sites (N-methyl/N-ethyl adjacent to an activating group) is 1. The van der Waals surface area contributed by atoms with E-state index in [-0.39, 0.29) is 24.0 Å². The van der Waals surface area contributed by atoms with Crippen LogP contribution in [0, 0.1) is 0 Å². The zero-order valence-electron chi connectivity index (χ0n) is 16.1. The third kappa shape index (κ3) is 11.4. The first-order valence-corrected chi connectivity index (χ1v) is 8.99. The van der Waals surface area contributed by atoms with E-state index in [4.69, 9.17) is 9.15 Å². The molecule has 1 atom stereocenters. The minimum Gasteiger partial charge on any atom is -0.467 e. The first-order chi connectivity index (χ1) is 11.7. The summed E-state index contributed by atoms with van der Waals surface area (Å²) < 4.78 is 10.8. The topological polar surface area (TPSA) is 62.0 Å². The summed E-state index contributed by atoms with van der Waals surface area (Å²) in [6, 6.07) is 4.40.